The van der Waals surface area contributed by atoms with Gasteiger partial charge in [-0.05, 0) is 37.5 Å². The van der Waals surface area contributed by atoms with Crippen molar-refractivity contribution in [3.8, 4) is 0 Å². The Morgan fingerprint density at radius 3 is 2.80 bits per heavy atom. The summed E-state index contributed by atoms with van der Waals surface area (Å²) < 4.78 is 4.99. The second-order valence-electron chi connectivity index (χ2n) is 6.00. The third-order valence-electron chi connectivity index (χ3n) is 4.13. The van der Waals surface area contributed by atoms with Crippen LogP contribution in [0.5, 0.6) is 0 Å². The van der Waals surface area contributed by atoms with Crippen LogP contribution < -0.4 is 5.32 Å². The molecular formula is C17H19ClN4O3. The fourth-order valence-corrected chi connectivity index (χ4v) is 3.02. The van der Waals surface area contributed by atoms with Gasteiger partial charge in [-0.25, -0.2) is 0 Å². The van der Waals surface area contributed by atoms with E-state index in [-0.39, 0.29) is 24.1 Å². The van der Waals surface area contributed by atoms with Gasteiger partial charge in [-0.2, -0.15) is 4.98 Å². The van der Waals surface area contributed by atoms with E-state index in [0.29, 0.717) is 30.4 Å². The van der Waals surface area contributed by atoms with Crippen molar-refractivity contribution in [3.63, 3.8) is 0 Å². The molecule has 1 aliphatic rings. The minimum Gasteiger partial charge on any atom is -0.350 e. The molecule has 1 unspecified atom stereocenters. The summed E-state index contributed by atoms with van der Waals surface area (Å²) in [4.78, 5) is 30.6. The molecule has 2 heterocycles. The first-order chi connectivity index (χ1) is 12.0. The lowest BCUT2D eigenvalue weighted by Crippen LogP contribution is -2.46. The van der Waals surface area contributed by atoms with E-state index >= 15 is 0 Å². The zero-order valence-corrected chi connectivity index (χ0v) is 14.6. The Bertz CT molecular complexity index is 760. The van der Waals surface area contributed by atoms with Gasteiger partial charge >= 0.3 is 0 Å². The van der Waals surface area contributed by atoms with Crippen molar-refractivity contribution in [3.05, 3.63) is 46.6 Å². The molecule has 0 saturated carbocycles. The number of benzene rings is 1. The van der Waals surface area contributed by atoms with Crippen LogP contribution >= 0.6 is 11.6 Å². The minimum atomic E-state index is -0.455. The van der Waals surface area contributed by atoms with Gasteiger partial charge in [0.15, 0.2) is 5.82 Å². The maximum atomic E-state index is 12.5. The fourth-order valence-electron chi connectivity index (χ4n) is 2.89. The number of rotatable bonds is 5. The standard InChI is InChI=1S/C17H19ClN4O3/c1-11-20-15(25-21-11)9-16(23)22-8-2-3-14(22)17(24)19-10-12-4-6-13(18)7-5-12/h4-7,14H,2-3,8-10H2,1H3,(H,19,24). The van der Waals surface area contributed by atoms with Crippen LogP contribution in [0.15, 0.2) is 28.8 Å². The van der Waals surface area contributed by atoms with Gasteiger partial charge in [0.25, 0.3) is 0 Å². The predicted molar refractivity (Wildman–Crippen MR) is 90.8 cm³/mol. The number of nitrogens with one attached hydrogen (secondary N) is 1. The van der Waals surface area contributed by atoms with Gasteiger partial charge < -0.3 is 14.7 Å². The van der Waals surface area contributed by atoms with Crippen LogP contribution in [0.4, 0.5) is 0 Å². The van der Waals surface area contributed by atoms with Gasteiger partial charge in [-0.3, -0.25) is 9.59 Å². The van der Waals surface area contributed by atoms with E-state index in [1.54, 1.807) is 24.0 Å². The molecule has 2 aromatic rings. The number of halogens is 1. The summed E-state index contributed by atoms with van der Waals surface area (Å²) in [7, 11) is 0. The van der Waals surface area contributed by atoms with Crippen LogP contribution in [0.2, 0.25) is 5.02 Å². The average molecular weight is 363 g/mol. The van der Waals surface area contributed by atoms with Crippen LogP contribution in [-0.2, 0) is 22.6 Å². The summed E-state index contributed by atoms with van der Waals surface area (Å²) >= 11 is 5.85. The maximum absolute atomic E-state index is 12.5. The number of hydrogen-bond acceptors (Lipinski definition) is 5. The SMILES string of the molecule is Cc1noc(CC(=O)N2CCCC2C(=O)NCc2ccc(Cl)cc2)n1. The van der Waals surface area contributed by atoms with Crippen molar-refractivity contribution in [2.24, 2.45) is 0 Å². The highest BCUT2D eigenvalue weighted by molar-refractivity contribution is 6.30. The first-order valence-corrected chi connectivity index (χ1v) is 8.51. The molecule has 1 saturated heterocycles. The average Bonchev–Trinajstić information content (AvgIpc) is 3.23. The second kappa shape index (κ2) is 7.65. The lowest BCUT2D eigenvalue weighted by Gasteiger charge is -2.23. The van der Waals surface area contributed by atoms with Crippen molar-refractivity contribution >= 4 is 23.4 Å². The van der Waals surface area contributed by atoms with Gasteiger partial charge in [0, 0.05) is 18.1 Å². The molecule has 1 fully saturated rings. The lowest BCUT2D eigenvalue weighted by atomic mass is 10.2. The molecule has 0 radical (unpaired) electrons. The van der Waals surface area contributed by atoms with E-state index in [4.69, 9.17) is 16.1 Å². The largest absolute Gasteiger partial charge is 0.350 e. The van der Waals surface area contributed by atoms with E-state index in [9.17, 15) is 9.59 Å². The Kier molecular flexibility index (Phi) is 5.33. The van der Waals surface area contributed by atoms with Crippen molar-refractivity contribution < 1.29 is 14.1 Å². The zero-order chi connectivity index (χ0) is 17.8. The smallest absolute Gasteiger partial charge is 0.243 e. The number of nitrogens with zero attached hydrogens (tertiary/aromatic N) is 3. The second-order valence-corrected chi connectivity index (χ2v) is 6.44. The molecule has 8 heteroatoms. The molecule has 1 aliphatic heterocycles. The number of hydrogen-bond donors (Lipinski definition) is 1. The summed E-state index contributed by atoms with van der Waals surface area (Å²) in [6.45, 7) is 2.66. The molecule has 1 aromatic carbocycles. The molecule has 25 heavy (non-hydrogen) atoms. The van der Waals surface area contributed by atoms with Crippen molar-refractivity contribution in [2.45, 2.75) is 38.8 Å². The zero-order valence-electron chi connectivity index (χ0n) is 13.9. The lowest BCUT2D eigenvalue weighted by molar-refractivity contribution is -0.138. The van der Waals surface area contributed by atoms with Crippen LogP contribution in [0.25, 0.3) is 0 Å². The Hall–Kier alpha value is -2.41. The summed E-state index contributed by atoms with van der Waals surface area (Å²) in [5.41, 5.74) is 0.954. The summed E-state index contributed by atoms with van der Waals surface area (Å²) in [6.07, 6.45) is 1.47. The molecular weight excluding hydrogens is 344 g/mol. The monoisotopic (exact) mass is 362 g/mol. The van der Waals surface area contributed by atoms with Crippen LogP contribution in [-0.4, -0.2) is 39.4 Å². The number of carbonyl (C=O) groups is 2. The number of likely N-dealkylation sites (tertiary alicyclic amines) is 1. The first-order valence-electron chi connectivity index (χ1n) is 8.14. The number of aryl methyl sites for hydroxylation is 1. The Balaban J connectivity index is 1.57. The molecule has 0 bridgehead atoms. The van der Waals surface area contributed by atoms with Crippen LogP contribution in [0.3, 0.4) is 0 Å². The Labute approximate surface area is 150 Å². The van der Waals surface area contributed by atoms with Gasteiger partial charge in [-0.1, -0.05) is 28.9 Å². The van der Waals surface area contributed by atoms with E-state index in [1.165, 1.54) is 0 Å². The summed E-state index contributed by atoms with van der Waals surface area (Å²) in [6, 6.07) is 6.82. The number of carbonyl (C=O) groups excluding carboxylic acids is 2. The molecule has 0 aliphatic carbocycles. The Morgan fingerprint density at radius 1 is 1.36 bits per heavy atom. The van der Waals surface area contributed by atoms with Crippen molar-refractivity contribution in [1.82, 2.24) is 20.4 Å². The minimum absolute atomic E-state index is 0.0157. The molecule has 7 nitrogen and oxygen atoms in total. The van der Waals surface area contributed by atoms with E-state index in [0.717, 1.165) is 12.0 Å². The molecule has 2 amide bonds. The highest BCUT2D eigenvalue weighted by atomic mass is 35.5. The summed E-state index contributed by atoms with van der Waals surface area (Å²) in [5, 5.41) is 7.21. The quantitative estimate of drug-likeness (QED) is 0.877. The normalized spacial score (nSPS) is 16.9. The topological polar surface area (TPSA) is 88.3 Å². The highest BCUT2D eigenvalue weighted by Crippen LogP contribution is 2.19. The van der Waals surface area contributed by atoms with E-state index in [2.05, 4.69) is 15.5 Å². The van der Waals surface area contributed by atoms with Gasteiger partial charge in [0.2, 0.25) is 17.7 Å². The first kappa shape index (κ1) is 17.4. The van der Waals surface area contributed by atoms with E-state index < -0.39 is 6.04 Å². The highest BCUT2D eigenvalue weighted by Gasteiger charge is 2.34. The third kappa shape index (κ3) is 4.36. The molecule has 1 aromatic heterocycles. The van der Waals surface area contributed by atoms with Crippen molar-refractivity contribution in [2.75, 3.05) is 6.54 Å². The number of amides is 2. The van der Waals surface area contributed by atoms with Gasteiger partial charge in [0.1, 0.15) is 12.5 Å². The van der Waals surface area contributed by atoms with Crippen LogP contribution in [0.1, 0.15) is 30.1 Å². The van der Waals surface area contributed by atoms with E-state index in [1.807, 2.05) is 12.1 Å². The predicted octanol–water partition coefficient (Wildman–Crippen LogP) is 1.88. The van der Waals surface area contributed by atoms with Gasteiger partial charge in [-0.15, -0.1) is 0 Å². The molecule has 0 spiro atoms. The maximum Gasteiger partial charge on any atom is 0.243 e. The third-order valence-corrected chi connectivity index (χ3v) is 4.38. The molecule has 1 atom stereocenters. The molecule has 1 N–H and O–H groups in total. The fraction of sp³-hybridized carbons (Fsp3) is 0.412. The number of aromatic nitrogens is 2. The van der Waals surface area contributed by atoms with Crippen LogP contribution in [0, 0.1) is 6.92 Å². The van der Waals surface area contributed by atoms with Crippen molar-refractivity contribution in [1.29, 1.82) is 0 Å². The Morgan fingerprint density at radius 2 is 2.12 bits per heavy atom. The molecule has 132 valence electrons. The summed E-state index contributed by atoms with van der Waals surface area (Å²) in [5.74, 6) is 0.437. The van der Waals surface area contributed by atoms with Gasteiger partial charge in [0.05, 0.1) is 0 Å². The molecule has 3 rings (SSSR count).